The van der Waals surface area contributed by atoms with E-state index in [1.54, 1.807) is 18.7 Å². The molecule has 1 aliphatic rings. The van der Waals surface area contributed by atoms with E-state index in [-0.39, 0.29) is 12.0 Å². The quantitative estimate of drug-likeness (QED) is 0.722. The lowest BCUT2D eigenvalue weighted by Crippen LogP contribution is -2.38. The van der Waals surface area contributed by atoms with E-state index in [2.05, 4.69) is 11.2 Å². The summed E-state index contributed by atoms with van der Waals surface area (Å²) in [6.45, 7) is 2.54. The van der Waals surface area contributed by atoms with Gasteiger partial charge in [-0.2, -0.15) is 10.4 Å². The van der Waals surface area contributed by atoms with Crippen molar-refractivity contribution in [3.8, 4) is 6.07 Å². The molecule has 96 valence electrons. The first-order valence-electron chi connectivity index (χ1n) is 5.88. The third-order valence-electron chi connectivity index (χ3n) is 3.30. The normalized spacial score (nSPS) is 18.8. The molecule has 2 heterocycles. The minimum atomic E-state index is -0.308. The van der Waals surface area contributed by atoms with Crippen molar-refractivity contribution >= 4 is 11.8 Å². The summed E-state index contributed by atoms with van der Waals surface area (Å²) in [4.78, 5) is 13.7. The molecule has 1 fully saturated rings. The zero-order valence-electron chi connectivity index (χ0n) is 10.8. The second kappa shape index (κ2) is 4.69. The Labute approximate surface area is 106 Å². The van der Waals surface area contributed by atoms with Crippen molar-refractivity contribution < 1.29 is 9.53 Å². The Bertz CT molecular complexity index is 515. The molecule has 1 aliphatic heterocycles. The molecule has 18 heavy (non-hydrogen) atoms. The van der Waals surface area contributed by atoms with Gasteiger partial charge in [0.05, 0.1) is 12.8 Å². The number of esters is 1. The number of nitrogens with zero attached hydrogens (tertiary/aromatic N) is 4. The van der Waals surface area contributed by atoms with E-state index < -0.39 is 0 Å². The van der Waals surface area contributed by atoms with Gasteiger partial charge < -0.3 is 9.64 Å². The second-order valence-electron chi connectivity index (χ2n) is 4.39. The molecule has 1 saturated heterocycles. The van der Waals surface area contributed by atoms with Crippen LogP contribution in [0.3, 0.4) is 0 Å². The summed E-state index contributed by atoms with van der Waals surface area (Å²) in [5.41, 5.74) is 1.22. The van der Waals surface area contributed by atoms with Gasteiger partial charge in [-0.15, -0.1) is 0 Å². The maximum absolute atomic E-state index is 11.7. The fraction of sp³-hybridized carbons (Fsp3) is 0.583. The molecule has 0 N–H and O–H groups in total. The van der Waals surface area contributed by atoms with E-state index in [0.29, 0.717) is 17.1 Å². The monoisotopic (exact) mass is 248 g/mol. The van der Waals surface area contributed by atoms with E-state index in [1.165, 1.54) is 7.11 Å². The number of methoxy groups -OCH3 is 1. The van der Waals surface area contributed by atoms with E-state index in [4.69, 9.17) is 4.74 Å². The van der Waals surface area contributed by atoms with Gasteiger partial charge in [0.2, 0.25) is 0 Å². The number of nitriles is 1. The van der Waals surface area contributed by atoms with Crippen LogP contribution in [-0.2, 0) is 16.6 Å². The summed E-state index contributed by atoms with van der Waals surface area (Å²) < 4.78 is 6.47. The van der Waals surface area contributed by atoms with Gasteiger partial charge in [0, 0.05) is 13.6 Å². The third-order valence-corrected chi connectivity index (χ3v) is 3.30. The van der Waals surface area contributed by atoms with Crippen LogP contribution in [0.15, 0.2) is 0 Å². The van der Waals surface area contributed by atoms with Gasteiger partial charge in [-0.05, 0) is 19.8 Å². The Hall–Kier alpha value is -2.03. The number of ether oxygens (including phenoxy) is 1. The van der Waals surface area contributed by atoms with Crippen molar-refractivity contribution in [3.63, 3.8) is 0 Å². The fourth-order valence-electron chi connectivity index (χ4n) is 2.51. The van der Waals surface area contributed by atoms with Gasteiger partial charge in [0.1, 0.15) is 23.5 Å². The summed E-state index contributed by atoms with van der Waals surface area (Å²) in [6.07, 6.45) is 1.66. The summed E-state index contributed by atoms with van der Waals surface area (Å²) in [5.74, 6) is 0.457. The van der Waals surface area contributed by atoms with Crippen LogP contribution in [0.2, 0.25) is 0 Å². The third kappa shape index (κ3) is 1.82. The minimum absolute atomic E-state index is 0.254. The van der Waals surface area contributed by atoms with E-state index in [1.807, 2.05) is 4.90 Å². The first kappa shape index (κ1) is 12.4. The molecule has 0 aromatic carbocycles. The molecule has 1 unspecified atom stereocenters. The first-order valence-corrected chi connectivity index (χ1v) is 5.88. The molecule has 0 amide bonds. The Balaban J connectivity index is 2.42. The molecular weight excluding hydrogens is 232 g/mol. The van der Waals surface area contributed by atoms with Crippen LogP contribution in [0.25, 0.3) is 0 Å². The van der Waals surface area contributed by atoms with Crippen LogP contribution >= 0.6 is 0 Å². The van der Waals surface area contributed by atoms with Crippen molar-refractivity contribution in [3.05, 3.63) is 11.3 Å². The van der Waals surface area contributed by atoms with Crippen LogP contribution < -0.4 is 4.90 Å². The average Bonchev–Trinajstić information content (AvgIpc) is 2.91. The maximum Gasteiger partial charge on any atom is 0.328 e. The predicted molar refractivity (Wildman–Crippen MR) is 65.0 cm³/mol. The van der Waals surface area contributed by atoms with Crippen LogP contribution in [0.4, 0.5) is 5.82 Å². The minimum Gasteiger partial charge on any atom is -0.467 e. The lowest BCUT2D eigenvalue weighted by atomic mass is 10.2. The first-order chi connectivity index (χ1) is 8.60. The average molecular weight is 248 g/mol. The number of hydrogen-bond donors (Lipinski definition) is 0. The Morgan fingerprint density at radius 1 is 1.61 bits per heavy atom. The van der Waals surface area contributed by atoms with Crippen molar-refractivity contribution in [1.82, 2.24) is 9.78 Å². The number of aromatic nitrogens is 2. The highest BCUT2D eigenvalue weighted by Gasteiger charge is 2.35. The van der Waals surface area contributed by atoms with Crippen molar-refractivity contribution in [2.45, 2.75) is 25.8 Å². The highest BCUT2D eigenvalue weighted by Crippen LogP contribution is 2.30. The van der Waals surface area contributed by atoms with Gasteiger partial charge >= 0.3 is 5.97 Å². The zero-order valence-corrected chi connectivity index (χ0v) is 10.8. The molecule has 0 saturated carbocycles. The van der Waals surface area contributed by atoms with E-state index >= 15 is 0 Å². The molecule has 0 aliphatic carbocycles. The number of aryl methyl sites for hydroxylation is 2. The fourth-order valence-corrected chi connectivity index (χ4v) is 2.51. The molecule has 0 radical (unpaired) electrons. The number of rotatable bonds is 2. The van der Waals surface area contributed by atoms with Crippen LogP contribution in [-0.4, -0.2) is 35.4 Å². The second-order valence-corrected chi connectivity index (χ2v) is 4.39. The molecule has 1 atom stereocenters. The van der Waals surface area contributed by atoms with Crippen molar-refractivity contribution in [2.75, 3.05) is 18.6 Å². The van der Waals surface area contributed by atoms with Crippen LogP contribution in [0.1, 0.15) is 24.1 Å². The molecule has 6 nitrogen and oxygen atoms in total. The lowest BCUT2D eigenvalue weighted by molar-refractivity contribution is -0.141. The van der Waals surface area contributed by atoms with Gasteiger partial charge in [0.15, 0.2) is 0 Å². The summed E-state index contributed by atoms with van der Waals surface area (Å²) >= 11 is 0. The SMILES string of the molecule is COC(=O)C1CCCN1c1c(C#N)c(C)nn1C. The van der Waals surface area contributed by atoms with Gasteiger partial charge in [-0.1, -0.05) is 0 Å². The highest BCUT2D eigenvalue weighted by atomic mass is 16.5. The van der Waals surface area contributed by atoms with E-state index in [0.717, 1.165) is 19.4 Å². The number of hydrogen-bond acceptors (Lipinski definition) is 5. The summed E-state index contributed by atoms with van der Waals surface area (Å²) in [6, 6.07) is 1.85. The number of anilines is 1. The van der Waals surface area contributed by atoms with Gasteiger partial charge in [-0.3, -0.25) is 4.68 Å². The van der Waals surface area contributed by atoms with Gasteiger partial charge in [0.25, 0.3) is 0 Å². The largest absolute Gasteiger partial charge is 0.467 e. The van der Waals surface area contributed by atoms with Crippen molar-refractivity contribution in [1.29, 1.82) is 5.26 Å². The summed E-state index contributed by atoms with van der Waals surface area (Å²) in [7, 11) is 3.17. The maximum atomic E-state index is 11.7. The van der Waals surface area contributed by atoms with Crippen molar-refractivity contribution in [2.24, 2.45) is 7.05 Å². The standard InChI is InChI=1S/C12H16N4O2/c1-8-9(7-13)11(15(2)14-8)16-6-4-5-10(16)12(17)18-3/h10H,4-6H2,1-3H3. The molecule has 0 bridgehead atoms. The molecule has 2 rings (SSSR count). The Kier molecular flexibility index (Phi) is 3.24. The smallest absolute Gasteiger partial charge is 0.328 e. The van der Waals surface area contributed by atoms with Crippen LogP contribution in [0, 0.1) is 18.3 Å². The van der Waals surface area contributed by atoms with E-state index in [9.17, 15) is 10.1 Å². The molecule has 1 aromatic rings. The number of carbonyl (C=O) groups excluding carboxylic acids is 1. The highest BCUT2D eigenvalue weighted by molar-refractivity contribution is 5.81. The topological polar surface area (TPSA) is 71.2 Å². The lowest BCUT2D eigenvalue weighted by Gasteiger charge is -2.24. The molecular formula is C12H16N4O2. The van der Waals surface area contributed by atoms with Crippen LogP contribution in [0.5, 0.6) is 0 Å². The molecule has 6 heteroatoms. The van der Waals surface area contributed by atoms with Gasteiger partial charge in [-0.25, -0.2) is 4.79 Å². The summed E-state index contributed by atoms with van der Waals surface area (Å²) in [5, 5.41) is 13.5. The number of carbonyl (C=O) groups is 1. The molecule has 0 spiro atoms. The molecule has 1 aromatic heterocycles. The Morgan fingerprint density at radius 3 is 2.94 bits per heavy atom. The Morgan fingerprint density at radius 2 is 2.33 bits per heavy atom. The zero-order chi connectivity index (χ0) is 13.3. The predicted octanol–water partition coefficient (Wildman–Crippen LogP) is 0.742.